The number of piperazine rings is 1. The SMILES string of the molecule is CCc1ccc(C(C)NC(=O)CN2CCN(c3ccc(Cl)cc3[N+](=O)[O-])CC2)cc1. The minimum Gasteiger partial charge on any atom is -0.363 e. The number of nitrogens with zero attached hydrogens (tertiary/aromatic N) is 3. The molecular formula is C22H27ClN4O3. The zero-order chi connectivity index (χ0) is 21.7. The molecule has 1 unspecified atom stereocenters. The average molecular weight is 431 g/mol. The number of anilines is 1. The van der Waals surface area contributed by atoms with Gasteiger partial charge in [-0.15, -0.1) is 0 Å². The van der Waals surface area contributed by atoms with Crippen LogP contribution >= 0.6 is 11.6 Å². The molecule has 1 N–H and O–H groups in total. The Labute approximate surface area is 181 Å². The van der Waals surface area contributed by atoms with Crippen molar-refractivity contribution in [3.63, 3.8) is 0 Å². The lowest BCUT2D eigenvalue weighted by Gasteiger charge is -2.35. The van der Waals surface area contributed by atoms with Crippen molar-refractivity contribution in [1.82, 2.24) is 10.2 Å². The van der Waals surface area contributed by atoms with Gasteiger partial charge >= 0.3 is 0 Å². The van der Waals surface area contributed by atoms with E-state index in [0.717, 1.165) is 12.0 Å². The predicted molar refractivity (Wildman–Crippen MR) is 119 cm³/mol. The highest BCUT2D eigenvalue weighted by Crippen LogP contribution is 2.31. The van der Waals surface area contributed by atoms with Crippen molar-refractivity contribution >= 4 is 28.9 Å². The summed E-state index contributed by atoms with van der Waals surface area (Å²) in [5, 5.41) is 14.7. The fourth-order valence-corrected chi connectivity index (χ4v) is 3.84. The quantitative estimate of drug-likeness (QED) is 0.533. The molecule has 1 atom stereocenters. The molecule has 1 fully saturated rings. The fraction of sp³-hybridized carbons (Fsp3) is 0.409. The smallest absolute Gasteiger partial charge is 0.294 e. The molecule has 1 saturated heterocycles. The largest absolute Gasteiger partial charge is 0.363 e. The van der Waals surface area contributed by atoms with Crippen LogP contribution in [0.3, 0.4) is 0 Å². The minimum absolute atomic E-state index is 0.0107. The Hall–Kier alpha value is -2.64. The van der Waals surface area contributed by atoms with E-state index < -0.39 is 4.92 Å². The van der Waals surface area contributed by atoms with Crippen molar-refractivity contribution in [3.8, 4) is 0 Å². The van der Waals surface area contributed by atoms with E-state index in [-0.39, 0.29) is 17.6 Å². The van der Waals surface area contributed by atoms with Crippen LogP contribution in [0.1, 0.15) is 31.0 Å². The molecule has 1 amide bonds. The van der Waals surface area contributed by atoms with Crippen LogP contribution in [0.4, 0.5) is 11.4 Å². The van der Waals surface area contributed by atoms with Gasteiger partial charge in [-0.2, -0.15) is 0 Å². The van der Waals surface area contributed by atoms with Crippen LogP contribution in [-0.2, 0) is 11.2 Å². The van der Waals surface area contributed by atoms with E-state index >= 15 is 0 Å². The molecule has 1 aliphatic rings. The molecule has 0 spiro atoms. The van der Waals surface area contributed by atoms with Crippen LogP contribution in [0.2, 0.25) is 5.02 Å². The fourth-order valence-electron chi connectivity index (χ4n) is 3.67. The molecule has 1 heterocycles. The first-order valence-electron chi connectivity index (χ1n) is 10.2. The van der Waals surface area contributed by atoms with Gasteiger partial charge in [0.05, 0.1) is 17.5 Å². The van der Waals surface area contributed by atoms with Gasteiger partial charge in [-0.25, -0.2) is 0 Å². The van der Waals surface area contributed by atoms with Crippen molar-refractivity contribution in [2.75, 3.05) is 37.6 Å². The summed E-state index contributed by atoms with van der Waals surface area (Å²) in [6.45, 7) is 6.96. The predicted octanol–water partition coefficient (Wildman–Crippen LogP) is 3.81. The lowest BCUT2D eigenvalue weighted by Crippen LogP contribution is -2.49. The number of rotatable bonds is 7. The number of hydrogen-bond donors (Lipinski definition) is 1. The molecule has 2 aromatic rings. The highest BCUT2D eigenvalue weighted by Gasteiger charge is 2.25. The number of amides is 1. The zero-order valence-corrected chi connectivity index (χ0v) is 18.1. The van der Waals surface area contributed by atoms with E-state index in [1.807, 2.05) is 11.8 Å². The van der Waals surface area contributed by atoms with Crippen LogP contribution in [0.15, 0.2) is 42.5 Å². The third-order valence-electron chi connectivity index (χ3n) is 5.48. The van der Waals surface area contributed by atoms with Crippen molar-refractivity contribution in [3.05, 3.63) is 68.7 Å². The Morgan fingerprint density at radius 1 is 1.17 bits per heavy atom. The number of halogens is 1. The third-order valence-corrected chi connectivity index (χ3v) is 5.71. The zero-order valence-electron chi connectivity index (χ0n) is 17.3. The number of carbonyl (C=O) groups excluding carboxylic acids is 1. The molecule has 8 heteroatoms. The van der Waals surface area contributed by atoms with Crippen LogP contribution in [0.5, 0.6) is 0 Å². The second kappa shape index (κ2) is 9.91. The summed E-state index contributed by atoms with van der Waals surface area (Å²) in [7, 11) is 0. The maximum absolute atomic E-state index is 12.5. The summed E-state index contributed by atoms with van der Waals surface area (Å²) < 4.78 is 0. The Balaban J connectivity index is 1.52. The Morgan fingerprint density at radius 3 is 2.43 bits per heavy atom. The first kappa shape index (κ1) is 22.1. The first-order valence-corrected chi connectivity index (χ1v) is 10.5. The summed E-state index contributed by atoms with van der Waals surface area (Å²) in [6.07, 6.45) is 0.992. The summed E-state index contributed by atoms with van der Waals surface area (Å²) in [6, 6.07) is 13.0. The molecule has 2 aromatic carbocycles. The van der Waals surface area contributed by atoms with E-state index in [1.54, 1.807) is 12.1 Å². The molecule has 0 saturated carbocycles. The number of nitro benzene ring substituents is 1. The van der Waals surface area contributed by atoms with Crippen molar-refractivity contribution in [2.24, 2.45) is 0 Å². The molecule has 160 valence electrons. The van der Waals surface area contributed by atoms with Gasteiger partial charge in [0.25, 0.3) is 5.69 Å². The van der Waals surface area contributed by atoms with Crippen molar-refractivity contribution in [1.29, 1.82) is 0 Å². The van der Waals surface area contributed by atoms with Gasteiger partial charge in [-0.05, 0) is 36.6 Å². The van der Waals surface area contributed by atoms with Crippen molar-refractivity contribution < 1.29 is 9.72 Å². The number of benzene rings is 2. The summed E-state index contributed by atoms with van der Waals surface area (Å²) in [5.41, 5.74) is 2.94. The Kier molecular flexibility index (Phi) is 7.29. The molecular weight excluding hydrogens is 404 g/mol. The van der Waals surface area contributed by atoms with Gasteiger partial charge in [0.15, 0.2) is 0 Å². The summed E-state index contributed by atoms with van der Waals surface area (Å²) in [4.78, 5) is 27.5. The number of nitro groups is 1. The lowest BCUT2D eigenvalue weighted by atomic mass is 10.0. The van der Waals surface area contributed by atoms with Gasteiger partial charge in [-0.3, -0.25) is 19.8 Å². The van der Waals surface area contributed by atoms with Gasteiger partial charge in [0.1, 0.15) is 5.69 Å². The number of nitrogens with one attached hydrogen (secondary N) is 1. The van der Waals surface area contributed by atoms with Gasteiger partial charge < -0.3 is 10.2 Å². The molecule has 0 radical (unpaired) electrons. The molecule has 0 aromatic heterocycles. The standard InChI is InChI=1S/C22H27ClN4O3/c1-3-17-4-6-18(7-5-17)16(2)24-22(28)15-25-10-12-26(13-11-25)20-9-8-19(23)14-21(20)27(29)30/h4-9,14,16H,3,10-13,15H2,1-2H3,(H,24,28). The summed E-state index contributed by atoms with van der Waals surface area (Å²) in [5.74, 6) is -0.0204. The number of hydrogen-bond acceptors (Lipinski definition) is 5. The molecule has 0 bridgehead atoms. The maximum Gasteiger partial charge on any atom is 0.294 e. The van der Waals surface area contributed by atoms with Crippen LogP contribution in [0.25, 0.3) is 0 Å². The maximum atomic E-state index is 12.5. The highest BCUT2D eigenvalue weighted by molar-refractivity contribution is 6.30. The topological polar surface area (TPSA) is 78.7 Å². The average Bonchev–Trinajstić information content (AvgIpc) is 2.74. The molecule has 1 aliphatic heterocycles. The van der Waals surface area contributed by atoms with E-state index in [1.165, 1.54) is 11.6 Å². The van der Waals surface area contributed by atoms with E-state index in [0.29, 0.717) is 43.4 Å². The second-order valence-corrected chi connectivity index (χ2v) is 7.97. The van der Waals surface area contributed by atoms with Gasteiger partial charge in [-0.1, -0.05) is 42.8 Å². The molecule has 3 rings (SSSR count). The number of carbonyl (C=O) groups is 1. The molecule has 30 heavy (non-hydrogen) atoms. The minimum atomic E-state index is -0.407. The second-order valence-electron chi connectivity index (χ2n) is 7.54. The van der Waals surface area contributed by atoms with Crippen LogP contribution < -0.4 is 10.2 Å². The first-order chi connectivity index (χ1) is 14.4. The van der Waals surface area contributed by atoms with Crippen molar-refractivity contribution in [2.45, 2.75) is 26.3 Å². The van der Waals surface area contributed by atoms with E-state index in [2.05, 4.69) is 41.4 Å². The highest BCUT2D eigenvalue weighted by atomic mass is 35.5. The van der Waals surface area contributed by atoms with Gasteiger partial charge in [0, 0.05) is 37.3 Å². The van der Waals surface area contributed by atoms with Gasteiger partial charge in [0.2, 0.25) is 5.91 Å². The Morgan fingerprint density at radius 2 is 1.83 bits per heavy atom. The number of aryl methyl sites for hydroxylation is 1. The normalized spacial score (nSPS) is 15.6. The van der Waals surface area contributed by atoms with E-state index in [9.17, 15) is 14.9 Å². The Bertz CT molecular complexity index is 896. The van der Waals surface area contributed by atoms with Crippen LogP contribution in [-0.4, -0.2) is 48.5 Å². The van der Waals surface area contributed by atoms with E-state index in [4.69, 9.17) is 11.6 Å². The monoisotopic (exact) mass is 430 g/mol. The lowest BCUT2D eigenvalue weighted by molar-refractivity contribution is -0.384. The molecule has 7 nitrogen and oxygen atoms in total. The molecule has 0 aliphatic carbocycles. The third kappa shape index (κ3) is 5.49. The summed E-state index contributed by atoms with van der Waals surface area (Å²) >= 11 is 5.91. The van der Waals surface area contributed by atoms with Crippen LogP contribution in [0, 0.1) is 10.1 Å².